The van der Waals surface area contributed by atoms with E-state index in [1.165, 1.54) is 4.68 Å². The van der Waals surface area contributed by atoms with Gasteiger partial charge in [0.2, 0.25) is 0 Å². The van der Waals surface area contributed by atoms with E-state index in [1.807, 2.05) is 0 Å². The first-order chi connectivity index (χ1) is 4.63. The summed E-state index contributed by atoms with van der Waals surface area (Å²) in [6.45, 7) is 0. The quantitative estimate of drug-likeness (QED) is 0.534. The van der Waals surface area contributed by atoms with Gasteiger partial charge in [0, 0.05) is 7.05 Å². The van der Waals surface area contributed by atoms with E-state index in [1.54, 1.807) is 7.05 Å². The van der Waals surface area contributed by atoms with Gasteiger partial charge in [-0.2, -0.15) is 0 Å². The summed E-state index contributed by atoms with van der Waals surface area (Å²) in [5.41, 5.74) is 0.250. The summed E-state index contributed by atoms with van der Waals surface area (Å²) in [6.07, 6.45) is 0. The molecule has 0 fully saturated rings. The monoisotopic (exact) mass is 205 g/mol. The molecule has 0 radical (unpaired) electrons. The van der Waals surface area contributed by atoms with Crippen LogP contribution in [0.4, 0.5) is 0 Å². The molecule has 0 aliphatic heterocycles. The predicted octanol–water partition coefficient (Wildman–Crippen LogP) is -1.74. The van der Waals surface area contributed by atoms with E-state index in [2.05, 4.69) is 26.2 Å². The molecule has 0 amide bonds. The smallest absolute Gasteiger partial charge is 0.422 e. The number of aryl methyl sites for hydroxylation is 1. The van der Waals surface area contributed by atoms with Gasteiger partial charge in [0.25, 0.3) is 0 Å². The van der Waals surface area contributed by atoms with Gasteiger partial charge in [0.1, 0.15) is 10.2 Å². The molecule has 1 aromatic rings. The summed E-state index contributed by atoms with van der Waals surface area (Å²) < 4.78 is 1.64. The Balaban J connectivity index is 3.10. The molecule has 54 valence electrons. The highest BCUT2D eigenvalue weighted by Crippen LogP contribution is 1.98. The molecule has 1 heterocycles. The average molecular weight is 206 g/mol. The van der Waals surface area contributed by atoms with Gasteiger partial charge in [0.05, 0.1) is 0 Å². The van der Waals surface area contributed by atoms with Crippen molar-refractivity contribution in [2.75, 3.05) is 0 Å². The highest BCUT2D eigenvalue weighted by molar-refractivity contribution is 9.10. The van der Waals surface area contributed by atoms with Crippen molar-refractivity contribution >= 4 is 28.6 Å². The number of rotatable bonds is 1. The van der Waals surface area contributed by atoms with E-state index in [9.17, 15) is 0 Å². The van der Waals surface area contributed by atoms with Crippen molar-refractivity contribution in [1.82, 2.24) is 15.0 Å². The zero-order valence-electron chi connectivity index (χ0n) is 5.19. The molecule has 10 heavy (non-hydrogen) atoms. The lowest BCUT2D eigenvalue weighted by atomic mass is 9.87. The number of hydrogen-bond acceptors (Lipinski definition) is 4. The van der Waals surface area contributed by atoms with Crippen LogP contribution in [-0.2, 0) is 7.05 Å². The van der Waals surface area contributed by atoms with E-state index in [0.29, 0.717) is 4.60 Å². The van der Waals surface area contributed by atoms with Crippen LogP contribution < -0.4 is 5.59 Å². The van der Waals surface area contributed by atoms with Gasteiger partial charge in [-0.3, -0.25) is 4.68 Å². The summed E-state index contributed by atoms with van der Waals surface area (Å²) in [5.74, 6) is 0. The van der Waals surface area contributed by atoms with Crippen LogP contribution in [0, 0.1) is 0 Å². The Morgan fingerprint density at radius 1 is 1.60 bits per heavy atom. The van der Waals surface area contributed by atoms with Gasteiger partial charge in [0.15, 0.2) is 0 Å². The minimum Gasteiger partial charge on any atom is -0.422 e. The Kier molecular flexibility index (Phi) is 2.07. The minimum absolute atomic E-state index is 0.250. The maximum Gasteiger partial charge on any atom is 0.510 e. The Bertz CT molecular complexity index is 218. The second-order valence-corrected chi connectivity index (χ2v) is 2.51. The lowest BCUT2D eigenvalue weighted by molar-refractivity contribution is 0.421. The van der Waals surface area contributed by atoms with Gasteiger partial charge in [-0.1, -0.05) is 5.21 Å². The molecule has 0 atom stereocenters. The fourth-order valence-electron chi connectivity index (χ4n) is 0.613. The lowest BCUT2D eigenvalue weighted by Crippen LogP contribution is -2.36. The van der Waals surface area contributed by atoms with Crippen LogP contribution in [-0.4, -0.2) is 32.2 Å². The summed E-state index contributed by atoms with van der Waals surface area (Å²) >= 11 is 3.00. The van der Waals surface area contributed by atoms with Gasteiger partial charge >= 0.3 is 7.12 Å². The first kappa shape index (κ1) is 7.71. The van der Waals surface area contributed by atoms with Crippen molar-refractivity contribution in [2.24, 2.45) is 7.05 Å². The van der Waals surface area contributed by atoms with Crippen LogP contribution in [0.15, 0.2) is 4.60 Å². The van der Waals surface area contributed by atoms with Crippen LogP contribution >= 0.6 is 15.9 Å². The largest absolute Gasteiger partial charge is 0.510 e. The maximum atomic E-state index is 8.70. The molecule has 1 aromatic heterocycles. The van der Waals surface area contributed by atoms with Crippen molar-refractivity contribution < 1.29 is 10.0 Å². The molecule has 0 saturated heterocycles. The molecule has 5 nitrogen and oxygen atoms in total. The van der Waals surface area contributed by atoms with Crippen molar-refractivity contribution in [3.05, 3.63) is 4.60 Å². The molecule has 2 N–H and O–H groups in total. The van der Waals surface area contributed by atoms with Crippen LogP contribution in [0.3, 0.4) is 0 Å². The Morgan fingerprint density at radius 3 is 2.40 bits per heavy atom. The number of nitrogens with zero attached hydrogens (tertiary/aromatic N) is 3. The Hall–Kier alpha value is -0.395. The number of halogens is 1. The molecule has 1 rings (SSSR count). The van der Waals surface area contributed by atoms with Crippen molar-refractivity contribution in [3.63, 3.8) is 0 Å². The molecular weight excluding hydrogens is 201 g/mol. The first-order valence-corrected chi connectivity index (χ1v) is 3.33. The SMILES string of the molecule is Cn1nnc(Br)c1B(O)O. The fourth-order valence-corrected chi connectivity index (χ4v) is 1.15. The first-order valence-electron chi connectivity index (χ1n) is 2.54. The Labute approximate surface area is 65.9 Å². The van der Waals surface area contributed by atoms with Gasteiger partial charge in [-0.25, -0.2) is 0 Å². The molecule has 0 spiro atoms. The van der Waals surface area contributed by atoms with Crippen LogP contribution in [0.1, 0.15) is 0 Å². The van der Waals surface area contributed by atoms with E-state index in [-0.39, 0.29) is 5.59 Å². The van der Waals surface area contributed by atoms with Crippen LogP contribution in [0.2, 0.25) is 0 Å². The van der Waals surface area contributed by atoms with Crippen LogP contribution in [0.5, 0.6) is 0 Å². The normalized spacial score (nSPS) is 10.0. The predicted molar refractivity (Wildman–Crippen MR) is 38.5 cm³/mol. The molecule has 7 heteroatoms. The molecule has 0 aliphatic rings. The summed E-state index contributed by atoms with van der Waals surface area (Å²) in [6, 6.07) is 0. The van der Waals surface area contributed by atoms with Crippen molar-refractivity contribution in [1.29, 1.82) is 0 Å². The molecular formula is C3H5BBrN3O2. The Morgan fingerprint density at radius 2 is 2.20 bits per heavy atom. The maximum absolute atomic E-state index is 8.70. The highest BCUT2D eigenvalue weighted by Gasteiger charge is 2.20. The van der Waals surface area contributed by atoms with E-state index < -0.39 is 7.12 Å². The molecule has 0 unspecified atom stereocenters. The van der Waals surface area contributed by atoms with Crippen molar-refractivity contribution in [3.8, 4) is 0 Å². The van der Waals surface area contributed by atoms with E-state index >= 15 is 0 Å². The zero-order valence-corrected chi connectivity index (χ0v) is 6.78. The van der Waals surface area contributed by atoms with Gasteiger partial charge < -0.3 is 10.0 Å². The summed E-state index contributed by atoms with van der Waals surface area (Å²) in [5, 5.41) is 24.5. The molecule has 0 aliphatic carbocycles. The number of aromatic nitrogens is 3. The summed E-state index contributed by atoms with van der Waals surface area (Å²) in [7, 11) is 0.0429. The van der Waals surface area contributed by atoms with E-state index in [4.69, 9.17) is 10.0 Å². The molecule has 0 aromatic carbocycles. The second-order valence-electron chi connectivity index (χ2n) is 1.76. The average Bonchev–Trinajstić information content (AvgIpc) is 2.11. The minimum atomic E-state index is -1.53. The second kappa shape index (κ2) is 2.69. The van der Waals surface area contributed by atoms with Gasteiger partial charge in [-0.05, 0) is 15.9 Å². The van der Waals surface area contributed by atoms with E-state index in [0.717, 1.165) is 0 Å². The van der Waals surface area contributed by atoms with Gasteiger partial charge in [-0.15, -0.1) is 5.10 Å². The third kappa shape index (κ3) is 1.20. The third-order valence-corrected chi connectivity index (χ3v) is 1.64. The summed E-state index contributed by atoms with van der Waals surface area (Å²) in [4.78, 5) is 0. The number of hydrogen-bond donors (Lipinski definition) is 2. The molecule has 0 saturated carbocycles. The standard InChI is InChI=1S/C3H5BBrN3O2/c1-8-2(4(9)10)3(5)6-7-8/h9-10H,1H3. The highest BCUT2D eigenvalue weighted by atomic mass is 79.9. The molecule has 0 bridgehead atoms. The van der Waals surface area contributed by atoms with Crippen molar-refractivity contribution in [2.45, 2.75) is 0 Å². The lowest BCUT2D eigenvalue weighted by Gasteiger charge is -1.96. The topological polar surface area (TPSA) is 71.2 Å². The zero-order chi connectivity index (χ0) is 7.72. The fraction of sp³-hybridized carbons (Fsp3) is 0.333. The van der Waals surface area contributed by atoms with Crippen LogP contribution in [0.25, 0.3) is 0 Å². The third-order valence-electron chi connectivity index (χ3n) is 1.07.